The van der Waals surface area contributed by atoms with Crippen LogP contribution in [-0.4, -0.2) is 199 Å². The number of rotatable bonds is 47. The molecule has 2 aromatic carbocycles. The number of pyridine rings is 2. The molecule has 2 unspecified atom stereocenters. The first-order chi connectivity index (χ1) is 50.5. The summed E-state index contributed by atoms with van der Waals surface area (Å²) in [6.07, 6.45) is 5.75. The highest BCUT2D eigenvalue weighted by atomic mass is 35.5. The third kappa shape index (κ3) is 38.8. The Hall–Kier alpha value is -8.36. The fourth-order valence-corrected chi connectivity index (χ4v) is 10.9. The Bertz CT molecular complexity index is 3140. The number of unbranched alkanes of at least 4 members (excludes halogenated alkanes) is 5. The molecule has 586 valence electrons. The maximum Gasteiger partial charge on any atom is 0.416 e. The summed E-state index contributed by atoms with van der Waals surface area (Å²) in [6.45, 7) is 12.0. The average Bonchev–Trinajstić information content (AvgIpc) is 0.878. The Morgan fingerprint density at radius 2 is 0.792 bits per heavy atom. The number of methoxy groups -OCH3 is 2. The molecule has 0 aliphatic carbocycles. The number of anilines is 2. The van der Waals surface area contributed by atoms with Gasteiger partial charge in [0, 0.05) is 84.6 Å². The van der Waals surface area contributed by atoms with Gasteiger partial charge in [0.25, 0.3) is 0 Å². The van der Waals surface area contributed by atoms with Crippen LogP contribution in [0.5, 0.6) is 0 Å². The number of ether oxygens (including phenoxy) is 8. The van der Waals surface area contributed by atoms with Gasteiger partial charge in [0.05, 0.1) is 92.0 Å². The van der Waals surface area contributed by atoms with E-state index in [0.29, 0.717) is 74.4 Å². The number of hydrogen-bond donors (Lipinski definition) is 8. The molecule has 2 aromatic heterocycles. The smallest absolute Gasteiger partial charge is 0.416 e. The first kappa shape index (κ1) is 90.0. The normalized spacial score (nSPS) is 12.4. The van der Waals surface area contributed by atoms with Crippen molar-refractivity contribution in [3.63, 3.8) is 0 Å². The second-order valence-electron chi connectivity index (χ2n) is 26.0. The van der Waals surface area contributed by atoms with Gasteiger partial charge in [-0.25, -0.2) is 29.1 Å². The molecule has 0 saturated carbocycles. The fourth-order valence-electron chi connectivity index (χ4n) is 9.82. The summed E-state index contributed by atoms with van der Waals surface area (Å²) in [5.41, 5.74) is -0.675. The first-order valence-corrected chi connectivity index (χ1v) is 36.5. The minimum absolute atomic E-state index is 0.0120. The van der Waals surface area contributed by atoms with Crippen molar-refractivity contribution in [2.24, 2.45) is 0 Å². The summed E-state index contributed by atoms with van der Waals surface area (Å²) in [6, 6.07) is 14.4. The van der Waals surface area contributed by atoms with Gasteiger partial charge in [0.1, 0.15) is 34.9 Å². The van der Waals surface area contributed by atoms with Gasteiger partial charge >= 0.3 is 36.2 Å². The highest BCUT2D eigenvalue weighted by Crippen LogP contribution is 2.28. The van der Waals surface area contributed by atoms with Gasteiger partial charge in [-0.1, -0.05) is 71.4 Å². The van der Waals surface area contributed by atoms with E-state index < -0.39 is 83.1 Å². The fraction of sp³-hybridized carbons (Fsp3) is 0.556. The summed E-state index contributed by atoms with van der Waals surface area (Å²) in [5, 5.41) is 23.2. The van der Waals surface area contributed by atoms with E-state index in [0.717, 1.165) is 12.8 Å². The zero-order valence-corrected chi connectivity index (χ0v) is 64.4. The molecule has 4 atom stereocenters. The maximum absolute atomic E-state index is 13.9. The largest absolute Gasteiger partial charge is 0.469 e. The van der Waals surface area contributed by atoms with Crippen LogP contribution in [0.3, 0.4) is 0 Å². The summed E-state index contributed by atoms with van der Waals surface area (Å²) in [5.74, 6) is -2.79. The second kappa shape index (κ2) is 49.5. The van der Waals surface area contributed by atoms with E-state index in [4.69, 9.17) is 84.3 Å². The molecule has 8 N–H and O–H groups in total. The lowest BCUT2D eigenvalue weighted by Gasteiger charge is -2.27. The molecule has 4 rings (SSSR count). The number of amides is 10. The van der Waals surface area contributed by atoms with Crippen LogP contribution in [0.1, 0.15) is 142 Å². The molecule has 34 heteroatoms. The topological polar surface area (TPSA) is 373 Å². The van der Waals surface area contributed by atoms with Gasteiger partial charge in [-0.2, -0.15) is 0 Å². The maximum atomic E-state index is 13.9. The van der Waals surface area contributed by atoms with Crippen LogP contribution in [0.25, 0.3) is 0 Å². The van der Waals surface area contributed by atoms with Crippen molar-refractivity contribution in [1.29, 1.82) is 0 Å². The van der Waals surface area contributed by atoms with Crippen LogP contribution in [0.2, 0.25) is 20.1 Å². The number of urea groups is 2. The molecule has 106 heavy (non-hydrogen) atoms. The summed E-state index contributed by atoms with van der Waals surface area (Å²) >= 11 is 25.1. The number of carbonyl (C=O) groups excluding carboxylic acids is 10. The predicted octanol–water partition coefficient (Wildman–Crippen LogP) is 9.65. The Kier molecular flexibility index (Phi) is 42.0. The van der Waals surface area contributed by atoms with E-state index in [1.807, 2.05) is 0 Å². The minimum Gasteiger partial charge on any atom is -0.469 e. The van der Waals surface area contributed by atoms with Gasteiger partial charge < -0.3 is 80.4 Å². The van der Waals surface area contributed by atoms with Crippen molar-refractivity contribution in [3.05, 3.63) is 116 Å². The summed E-state index contributed by atoms with van der Waals surface area (Å²) in [7, 11) is 2.42. The Morgan fingerprint density at radius 3 is 1.13 bits per heavy atom. The molecular formula is C72H102Cl4N12O18. The first-order valence-electron chi connectivity index (χ1n) is 35.0. The highest BCUT2D eigenvalue weighted by molar-refractivity contribution is 6.35. The van der Waals surface area contributed by atoms with Crippen LogP contribution in [0.15, 0.2) is 85.2 Å². The zero-order valence-electron chi connectivity index (χ0n) is 61.4. The highest BCUT2D eigenvalue weighted by Gasteiger charge is 2.31. The zero-order chi connectivity index (χ0) is 77.9. The molecule has 0 aliphatic heterocycles. The lowest BCUT2D eigenvalue weighted by Crippen LogP contribution is -2.50. The van der Waals surface area contributed by atoms with Gasteiger partial charge in [-0.05, 0) is 152 Å². The molecule has 4 aromatic rings. The molecule has 30 nitrogen and oxygen atoms in total. The molecule has 0 spiro atoms. The molecule has 0 bridgehead atoms. The molecule has 0 saturated heterocycles. The van der Waals surface area contributed by atoms with Crippen molar-refractivity contribution in [3.8, 4) is 0 Å². The minimum atomic E-state index is -1.23. The number of hydrogen-bond acceptors (Lipinski definition) is 20. The van der Waals surface area contributed by atoms with Crippen molar-refractivity contribution in [1.82, 2.24) is 52.5 Å². The average molecular weight is 1570 g/mol. The number of nitrogens with zero attached hydrogens (tertiary/aromatic N) is 4. The van der Waals surface area contributed by atoms with E-state index in [9.17, 15) is 47.9 Å². The number of benzene rings is 2. The predicted molar refractivity (Wildman–Crippen MR) is 400 cm³/mol. The summed E-state index contributed by atoms with van der Waals surface area (Å²) in [4.78, 5) is 142. The van der Waals surface area contributed by atoms with Crippen LogP contribution < -0.4 is 52.3 Å². The molecule has 10 amide bonds. The number of carbonyl (C=O) groups is 10. The van der Waals surface area contributed by atoms with Crippen molar-refractivity contribution in [2.45, 2.75) is 154 Å². The van der Waals surface area contributed by atoms with Crippen molar-refractivity contribution >= 4 is 118 Å². The van der Waals surface area contributed by atoms with E-state index in [1.54, 1.807) is 115 Å². The third-order valence-corrected chi connectivity index (χ3v) is 15.8. The molecule has 2 heterocycles. The molecule has 0 radical (unpaired) electrons. The van der Waals surface area contributed by atoms with E-state index in [-0.39, 0.29) is 137 Å². The SMILES string of the molecule is COC(=O)CC(NC(=O)[C@H](COCCOCCNC(=O)NCCCCCCNC(=O)NCCOCCOC[C@H](NC(=O)CCCCN(C(=O)OC(C)(C)C)c1ccccn1)C(=O)NC(CC(=O)OC)c1cc(Cl)cc(Cl)c1)NC(=O)CCCCN(C(=O)OC(C)(C)C)c1ccccn1)c1cc(Cl)cc(Cl)c1. The van der Waals surface area contributed by atoms with Crippen LogP contribution >= 0.6 is 46.4 Å². The van der Waals surface area contributed by atoms with Gasteiger partial charge in [-0.3, -0.25) is 38.6 Å². The third-order valence-electron chi connectivity index (χ3n) is 14.9. The lowest BCUT2D eigenvalue weighted by atomic mass is 10.0. The van der Waals surface area contributed by atoms with E-state index in [2.05, 4.69) is 52.5 Å². The van der Waals surface area contributed by atoms with Gasteiger partial charge in [-0.15, -0.1) is 0 Å². The van der Waals surface area contributed by atoms with Gasteiger partial charge in [0.2, 0.25) is 23.6 Å². The number of halogens is 4. The van der Waals surface area contributed by atoms with Crippen molar-refractivity contribution < 1.29 is 85.8 Å². The number of nitrogens with one attached hydrogen (secondary N) is 8. The lowest BCUT2D eigenvalue weighted by molar-refractivity contribution is -0.142. The number of aromatic nitrogens is 2. The Balaban J connectivity index is 1.11. The van der Waals surface area contributed by atoms with Gasteiger partial charge in [0.15, 0.2) is 0 Å². The quantitative estimate of drug-likeness (QED) is 0.0116. The molecular weight excluding hydrogens is 1460 g/mol. The standard InChI is InChI=1S/C72H102Cl4N12O18/c1-71(2,3)105-69(97)87(59-21-11-17-25-77-59)31-19-13-23-61(89)83-57(65(93)85-55(45-63(91)99-7)49-39-51(73)43-52(74)40-49)47-103-37-35-101-33-29-81-67(95)79-27-15-9-10-16-28-80-68(96)82-30-34-102-36-38-104-48-58(66(94)86-56(46-64(92)100-8)50-41-53(75)44-54(76)42-50)84-62(90)24-14-20-32-88(60-22-12-18-26-78-60)70(98)106-72(4,5)6/h11-12,17-18,21-22,25-26,39-44,55-58H,9-10,13-16,19-20,23-24,27-38,45-48H2,1-8H3,(H,83,89)(H,84,90)(H,85,93)(H,86,94)(H2,79,81,95)(H2,80,82,96)/t55?,56?,57-,58-/m0/s1. The van der Waals surface area contributed by atoms with Crippen LogP contribution in [0, 0.1) is 0 Å². The van der Waals surface area contributed by atoms with Crippen LogP contribution in [0.4, 0.5) is 30.8 Å². The molecule has 0 fully saturated rings. The Labute approximate surface area is 639 Å². The van der Waals surface area contributed by atoms with E-state index in [1.165, 1.54) is 36.2 Å². The monoisotopic (exact) mass is 1560 g/mol. The molecule has 0 aliphatic rings. The van der Waals surface area contributed by atoms with Crippen LogP contribution in [-0.2, 0) is 66.7 Å². The van der Waals surface area contributed by atoms with E-state index >= 15 is 0 Å². The Morgan fingerprint density at radius 1 is 0.434 bits per heavy atom. The second-order valence-corrected chi connectivity index (χ2v) is 27.8. The summed E-state index contributed by atoms with van der Waals surface area (Å²) < 4.78 is 43.8. The number of esters is 2. The van der Waals surface area contributed by atoms with Crippen molar-refractivity contribution in [2.75, 3.05) is 116 Å².